The molecule has 0 N–H and O–H groups in total. The van der Waals surface area contributed by atoms with Crippen LogP contribution in [-0.2, 0) is 4.74 Å². The van der Waals surface area contributed by atoms with E-state index in [0.717, 1.165) is 12.0 Å². The molecule has 3 aromatic rings. The first-order valence-corrected chi connectivity index (χ1v) is 9.25. The van der Waals surface area contributed by atoms with E-state index in [2.05, 4.69) is 6.58 Å². The predicted molar refractivity (Wildman–Crippen MR) is 110 cm³/mol. The zero-order valence-corrected chi connectivity index (χ0v) is 16.4. The molecule has 2 aromatic carbocycles. The Morgan fingerprint density at radius 3 is 2.52 bits per heavy atom. The monoisotopic (exact) mass is 394 g/mol. The second-order valence-corrected chi connectivity index (χ2v) is 6.60. The normalized spacial score (nSPS) is 10.6. The van der Waals surface area contributed by atoms with Gasteiger partial charge in [0.25, 0.3) is 0 Å². The van der Waals surface area contributed by atoms with E-state index < -0.39 is 5.97 Å². The van der Waals surface area contributed by atoms with Crippen LogP contribution in [0.15, 0.2) is 70.1 Å². The smallest absolute Gasteiger partial charge is 0.338 e. The molecule has 1 heterocycles. The molecule has 0 aliphatic carbocycles. The van der Waals surface area contributed by atoms with Gasteiger partial charge in [-0.3, -0.25) is 4.79 Å². The van der Waals surface area contributed by atoms with Crippen molar-refractivity contribution in [3.63, 3.8) is 0 Å². The number of ether oxygens (including phenoxy) is 3. The fraction of sp³-hybridized carbons (Fsp3) is 0.217. The third-order valence-corrected chi connectivity index (χ3v) is 3.95. The van der Waals surface area contributed by atoms with Crippen LogP contribution in [0.3, 0.4) is 0 Å². The number of esters is 1. The third kappa shape index (κ3) is 5.04. The number of carbonyl (C=O) groups excluding carboxylic acids is 1. The molecule has 3 rings (SSSR count). The molecule has 0 atom stereocenters. The number of hydrogen-bond acceptors (Lipinski definition) is 6. The Morgan fingerprint density at radius 2 is 1.83 bits per heavy atom. The Hall–Kier alpha value is -3.54. The van der Waals surface area contributed by atoms with Gasteiger partial charge in [-0.15, -0.1) is 0 Å². The number of fused-ring (bicyclic) bond motifs is 1. The van der Waals surface area contributed by atoms with Crippen molar-refractivity contribution < 1.29 is 23.4 Å². The van der Waals surface area contributed by atoms with Crippen LogP contribution in [0.5, 0.6) is 17.2 Å². The molecule has 6 heteroatoms. The van der Waals surface area contributed by atoms with Crippen molar-refractivity contribution in [2.24, 2.45) is 0 Å². The van der Waals surface area contributed by atoms with E-state index in [1.165, 1.54) is 6.26 Å². The first-order chi connectivity index (χ1) is 14.0. The van der Waals surface area contributed by atoms with E-state index in [4.69, 9.17) is 18.6 Å². The molecule has 0 spiro atoms. The summed E-state index contributed by atoms with van der Waals surface area (Å²) < 4.78 is 21.8. The summed E-state index contributed by atoms with van der Waals surface area (Å²) in [6.45, 7) is 8.34. The fourth-order valence-electron chi connectivity index (χ4n) is 2.52. The van der Waals surface area contributed by atoms with Gasteiger partial charge in [-0.2, -0.15) is 0 Å². The highest BCUT2D eigenvalue weighted by molar-refractivity contribution is 5.89. The standard InChI is InChI=1S/C23H22O6/c1-4-11-26-23(25)16-5-7-17(8-6-16)29-21-14-28-20-12-18(27-13-15(2)3)9-10-19(20)22(21)24/h5-10,12,14H,2,4,11,13H2,1,3H3. The average molecular weight is 394 g/mol. The summed E-state index contributed by atoms with van der Waals surface area (Å²) in [6.07, 6.45) is 2.02. The van der Waals surface area contributed by atoms with Crippen LogP contribution in [0, 0.1) is 0 Å². The Bertz CT molecular complexity index is 1080. The lowest BCUT2D eigenvalue weighted by atomic mass is 10.2. The largest absolute Gasteiger partial charge is 0.489 e. The van der Waals surface area contributed by atoms with Crippen LogP contribution < -0.4 is 14.9 Å². The van der Waals surface area contributed by atoms with Crippen LogP contribution in [0.25, 0.3) is 11.0 Å². The zero-order chi connectivity index (χ0) is 20.8. The molecule has 6 nitrogen and oxygen atoms in total. The minimum absolute atomic E-state index is 0.0504. The van der Waals surface area contributed by atoms with Gasteiger partial charge in [-0.1, -0.05) is 13.5 Å². The lowest BCUT2D eigenvalue weighted by Gasteiger charge is -2.08. The van der Waals surface area contributed by atoms with Gasteiger partial charge in [-0.25, -0.2) is 4.79 Å². The Labute approximate surface area is 168 Å². The van der Waals surface area contributed by atoms with Crippen molar-refractivity contribution in [2.45, 2.75) is 20.3 Å². The lowest BCUT2D eigenvalue weighted by Crippen LogP contribution is -2.07. The summed E-state index contributed by atoms with van der Waals surface area (Å²) in [5, 5.41) is 0.380. The van der Waals surface area contributed by atoms with Crippen LogP contribution in [-0.4, -0.2) is 19.2 Å². The van der Waals surface area contributed by atoms with Crippen molar-refractivity contribution >= 4 is 16.9 Å². The SMILES string of the molecule is C=C(C)COc1ccc2c(=O)c(Oc3ccc(C(=O)OCCC)cc3)coc2c1. The number of hydrogen-bond donors (Lipinski definition) is 0. The van der Waals surface area contributed by atoms with Gasteiger partial charge >= 0.3 is 5.97 Å². The Kier molecular flexibility index (Phi) is 6.34. The lowest BCUT2D eigenvalue weighted by molar-refractivity contribution is 0.0505. The Morgan fingerprint density at radius 1 is 1.10 bits per heavy atom. The van der Waals surface area contributed by atoms with Crippen molar-refractivity contribution in [1.29, 1.82) is 0 Å². The van der Waals surface area contributed by atoms with Gasteiger partial charge in [0, 0.05) is 6.07 Å². The molecule has 0 bridgehead atoms. The molecule has 0 saturated carbocycles. The quantitative estimate of drug-likeness (QED) is 0.390. The van der Waals surface area contributed by atoms with Crippen molar-refractivity contribution in [3.05, 3.63) is 76.7 Å². The van der Waals surface area contributed by atoms with Gasteiger partial charge in [0.2, 0.25) is 11.2 Å². The molecule has 0 aliphatic rings. The van der Waals surface area contributed by atoms with Crippen molar-refractivity contribution in [1.82, 2.24) is 0 Å². The second kappa shape index (κ2) is 9.10. The predicted octanol–water partition coefficient (Wildman–Crippen LogP) is 5.11. The second-order valence-electron chi connectivity index (χ2n) is 6.60. The molecule has 150 valence electrons. The zero-order valence-electron chi connectivity index (χ0n) is 16.4. The highest BCUT2D eigenvalue weighted by atomic mass is 16.5. The number of carbonyl (C=O) groups is 1. The topological polar surface area (TPSA) is 75.0 Å². The molecule has 29 heavy (non-hydrogen) atoms. The van der Waals surface area contributed by atoms with E-state index >= 15 is 0 Å². The molecule has 0 unspecified atom stereocenters. The van der Waals surface area contributed by atoms with E-state index in [1.54, 1.807) is 42.5 Å². The molecule has 0 aliphatic heterocycles. The summed E-state index contributed by atoms with van der Waals surface area (Å²) in [4.78, 5) is 24.5. The molecule has 0 saturated heterocycles. The van der Waals surface area contributed by atoms with Gasteiger partial charge in [-0.05, 0) is 55.3 Å². The maximum Gasteiger partial charge on any atom is 0.338 e. The number of benzene rings is 2. The summed E-state index contributed by atoms with van der Waals surface area (Å²) in [6, 6.07) is 11.3. The first-order valence-electron chi connectivity index (χ1n) is 9.25. The Balaban J connectivity index is 1.77. The minimum atomic E-state index is -0.395. The summed E-state index contributed by atoms with van der Waals surface area (Å²) >= 11 is 0. The van der Waals surface area contributed by atoms with Gasteiger partial charge in [0.1, 0.15) is 30.0 Å². The molecular weight excluding hydrogens is 372 g/mol. The maximum atomic E-state index is 12.7. The molecule has 0 fully saturated rings. The molecular formula is C23H22O6. The minimum Gasteiger partial charge on any atom is -0.489 e. The third-order valence-electron chi connectivity index (χ3n) is 3.95. The highest BCUT2D eigenvalue weighted by Gasteiger charge is 2.12. The summed E-state index contributed by atoms with van der Waals surface area (Å²) in [5.74, 6) is 0.649. The van der Waals surface area contributed by atoms with E-state index in [1.807, 2.05) is 13.8 Å². The summed E-state index contributed by atoms with van der Waals surface area (Å²) in [5.41, 5.74) is 1.40. The van der Waals surface area contributed by atoms with Gasteiger partial charge in [0.15, 0.2) is 0 Å². The van der Waals surface area contributed by atoms with Crippen LogP contribution in [0.1, 0.15) is 30.6 Å². The van der Waals surface area contributed by atoms with Crippen LogP contribution in [0.2, 0.25) is 0 Å². The van der Waals surface area contributed by atoms with Crippen molar-refractivity contribution in [3.8, 4) is 17.2 Å². The molecule has 1 aromatic heterocycles. The van der Waals surface area contributed by atoms with Gasteiger partial charge < -0.3 is 18.6 Å². The maximum absolute atomic E-state index is 12.7. The molecule has 0 amide bonds. The van der Waals surface area contributed by atoms with Crippen LogP contribution >= 0.6 is 0 Å². The molecule has 0 radical (unpaired) electrons. The number of rotatable bonds is 8. The van der Waals surface area contributed by atoms with E-state index in [0.29, 0.717) is 41.2 Å². The highest BCUT2D eigenvalue weighted by Crippen LogP contribution is 2.24. The average Bonchev–Trinajstić information content (AvgIpc) is 2.73. The van der Waals surface area contributed by atoms with Crippen molar-refractivity contribution in [2.75, 3.05) is 13.2 Å². The van der Waals surface area contributed by atoms with Gasteiger partial charge in [0.05, 0.1) is 17.6 Å². The fourth-order valence-corrected chi connectivity index (χ4v) is 2.52. The first kappa shape index (κ1) is 20.2. The van der Waals surface area contributed by atoms with E-state index in [9.17, 15) is 9.59 Å². The summed E-state index contributed by atoms with van der Waals surface area (Å²) in [7, 11) is 0. The van der Waals surface area contributed by atoms with E-state index in [-0.39, 0.29) is 11.2 Å². The van der Waals surface area contributed by atoms with Crippen LogP contribution in [0.4, 0.5) is 0 Å².